The molecule has 3 N–H and O–H groups in total. The van der Waals surface area contributed by atoms with Gasteiger partial charge < -0.3 is 14.8 Å². The van der Waals surface area contributed by atoms with E-state index in [-0.39, 0.29) is 11.6 Å². The van der Waals surface area contributed by atoms with Crippen LogP contribution >= 0.6 is 0 Å². The minimum Gasteiger partial charge on any atom is -0.506 e. The van der Waals surface area contributed by atoms with E-state index in [2.05, 4.69) is 30.1 Å². The summed E-state index contributed by atoms with van der Waals surface area (Å²) in [6.45, 7) is 0. The Morgan fingerprint density at radius 1 is 0.853 bits per heavy atom. The molecule has 0 saturated heterocycles. The Labute approximate surface area is 192 Å². The number of methoxy groups -OCH3 is 1. The third-order valence-electron chi connectivity index (χ3n) is 5.69. The summed E-state index contributed by atoms with van der Waals surface area (Å²) < 4.78 is 19.4. The third-order valence-corrected chi connectivity index (χ3v) is 5.69. The summed E-state index contributed by atoms with van der Waals surface area (Å²) in [6, 6.07) is 10.0. The Morgan fingerprint density at radius 2 is 1.74 bits per heavy atom. The zero-order valence-corrected chi connectivity index (χ0v) is 17.9. The Hall–Kier alpha value is -4.79. The smallest absolute Gasteiger partial charge is 0.134 e. The molecule has 0 amide bonds. The SMILES string of the molecule is COc1cc(F)cc(-c2cncc3[nH]c(-c4n[nH]c5cnc(-c6cncc(O)c6)cc45)cc23)c1. The summed E-state index contributed by atoms with van der Waals surface area (Å²) in [4.78, 5) is 16.2. The number of H-pyrrole nitrogens is 2. The summed E-state index contributed by atoms with van der Waals surface area (Å²) in [5.41, 5.74) is 5.80. The average Bonchev–Trinajstić information content (AvgIpc) is 3.47. The molecule has 0 aliphatic rings. The summed E-state index contributed by atoms with van der Waals surface area (Å²) in [5.74, 6) is 0.112. The van der Waals surface area contributed by atoms with Crippen molar-refractivity contribution in [2.45, 2.75) is 0 Å². The molecule has 34 heavy (non-hydrogen) atoms. The fraction of sp³-hybridized carbons (Fsp3) is 0.0400. The maximum Gasteiger partial charge on any atom is 0.134 e. The first-order valence-electron chi connectivity index (χ1n) is 10.4. The molecule has 0 atom stereocenters. The molecule has 8 nitrogen and oxygen atoms in total. The lowest BCUT2D eigenvalue weighted by atomic mass is 10.0. The number of benzene rings is 1. The van der Waals surface area contributed by atoms with Crippen molar-refractivity contribution in [3.8, 4) is 45.3 Å². The summed E-state index contributed by atoms with van der Waals surface area (Å²) in [7, 11) is 1.50. The molecule has 0 aliphatic carbocycles. The fourth-order valence-electron chi connectivity index (χ4n) is 4.09. The topological polar surface area (TPSA) is 113 Å². The van der Waals surface area contributed by atoms with E-state index in [0.717, 1.165) is 33.1 Å². The second-order valence-electron chi connectivity index (χ2n) is 7.83. The largest absolute Gasteiger partial charge is 0.506 e. The minimum absolute atomic E-state index is 0.0661. The second-order valence-corrected chi connectivity index (χ2v) is 7.83. The quantitative estimate of drug-likeness (QED) is 0.344. The number of hydrogen-bond donors (Lipinski definition) is 3. The molecule has 0 aliphatic heterocycles. The van der Waals surface area contributed by atoms with E-state index in [4.69, 9.17) is 4.74 Å². The number of aromatic nitrogens is 6. The highest BCUT2D eigenvalue weighted by Gasteiger charge is 2.16. The van der Waals surface area contributed by atoms with Crippen LogP contribution in [-0.2, 0) is 0 Å². The molecular formula is C25H17FN6O2. The van der Waals surface area contributed by atoms with Gasteiger partial charge in [-0.25, -0.2) is 4.39 Å². The Morgan fingerprint density at radius 3 is 2.59 bits per heavy atom. The standard InChI is InChI=1S/C25H17FN6O2/c1-34-17-4-13(2-15(26)5-17)20-10-28-11-23-18(20)6-22(30-23)25-19-7-21(29-12-24(19)31-32-25)14-3-16(33)9-27-8-14/h2-12,30,33H,1H3,(H,31,32). The molecule has 166 valence electrons. The lowest BCUT2D eigenvalue weighted by Gasteiger charge is -2.06. The van der Waals surface area contributed by atoms with Gasteiger partial charge in [0.15, 0.2) is 0 Å². The lowest BCUT2D eigenvalue weighted by Crippen LogP contribution is -1.88. The molecule has 5 aromatic heterocycles. The first-order chi connectivity index (χ1) is 16.6. The average molecular weight is 452 g/mol. The normalized spacial score (nSPS) is 11.4. The van der Waals surface area contributed by atoms with Crippen LogP contribution in [0.15, 0.2) is 67.4 Å². The van der Waals surface area contributed by atoms with Crippen molar-refractivity contribution >= 4 is 21.8 Å². The molecule has 5 heterocycles. The monoisotopic (exact) mass is 452 g/mol. The molecule has 0 fully saturated rings. The Bertz CT molecular complexity index is 1690. The number of nitrogens with zero attached hydrogens (tertiary/aromatic N) is 4. The van der Waals surface area contributed by atoms with Gasteiger partial charge in [-0.15, -0.1) is 0 Å². The van der Waals surface area contributed by atoms with Crippen LogP contribution in [0.3, 0.4) is 0 Å². The summed E-state index contributed by atoms with van der Waals surface area (Å²) in [6.07, 6.45) is 8.13. The summed E-state index contributed by atoms with van der Waals surface area (Å²) >= 11 is 0. The molecule has 0 radical (unpaired) electrons. The van der Waals surface area contributed by atoms with Crippen LogP contribution in [-0.4, -0.2) is 42.3 Å². The molecule has 1 aromatic carbocycles. The molecule has 0 saturated carbocycles. The van der Waals surface area contributed by atoms with Crippen molar-refractivity contribution in [2.75, 3.05) is 7.11 Å². The van der Waals surface area contributed by atoms with Crippen LogP contribution in [0.2, 0.25) is 0 Å². The van der Waals surface area contributed by atoms with E-state index in [1.54, 1.807) is 36.9 Å². The number of halogens is 1. The van der Waals surface area contributed by atoms with E-state index >= 15 is 0 Å². The van der Waals surface area contributed by atoms with E-state index < -0.39 is 0 Å². The predicted octanol–water partition coefficient (Wildman–Crippen LogP) is 5.08. The van der Waals surface area contributed by atoms with Gasteiger partial charge in [0.1, 0.15) is 23.0 Å². The van der Waals surface area contributed by atoms with E-state index in [9.17, 15) is 9.50 Å². The minimum atomic E-state index is -0.387. The van der Waals surface area contributed by atoms with E-state index in [1.807, 2.05) is 12.1 Å². The fourth-order valence-corrected chi connectivity index (χ4v) is 4.09. The zero-order valence-electron chi connectivity index (χ0n) is 17.9. The lowest BCUT2D eigenvalue weighted by molar-refractivity contribution is 0.411. The third kappa shape index (κ3) is 3.30. The Balaban J connectivity index is 1.50. The second kappa shape index (κ2) is 7.66. The van der Waals surface area contributed by atoms with Crippen LogP contribution in [0.1, 0.15) is 0 Å². The highest BCUT2D eigenvalue weighted by atomic mass is 19.1. The van der Waals surface area contributed by atoms with Gasteiger partial charge in [-0.2, -0.15) is 5.10 Å². The highest BCUT2D eigenvalue weighted by Crippen LogP contribution is 2.35. The number of fused-ring (bicyclic) bond motifs is 2. The number of aromatic hydroxyl groups is 1. The number of ether oxygens (including phenoxy) is 1. The number of hydrogen-bond acceptors (Lipinski definition) is 6. The number of aromatic amines is 2. The van der Waals surface area contributed by atoms with Gasteiger partial charge in [0.25, 0.3) is 0 Å². The maximum absolute atomic E-state index is 14.2. The number of nitrogens with one attached hydrogen (secondary N) is 2. The molecule has 9 heteroatoms. The van der Waals surface area contributed by atoms with Crippen molar-refractivity contribution in [3.05, 3.63) is 73.2 Å². The van der Waals surface area contributed by atoms with Crippen molar-refractivity contribution in [2.24, 2.45) is 0 Å². The molecule has 0 bridgehead atoms. The van der Waals surface area contributed by atoms with Gasteiger partial charge in [-0.1, -0.05) is 0 Å². The zero-order chi connectivity index (χ0) is 23.2. The van der Waals surface area contributed by atoms with Crippen molar-refractivity contribution in [3.63, 3.8) is 0 Å². The molecule has 0 unspecified atom stereocenters. The van der Waals surface area contributed by atoms with Crippen LogP contribution in [0.25, 0.3) is 55.6 Å². The van der Waals surface area contributed by atoms with Crippen LogP contribution in [0.5, 0.6) is 11.5 Å². The van der Waals surface area contributed by atoms with Gasteiger partial charge in [-0.3, -0.25) is 20.1 Å². The molecule has 6 aromatic rings. The predicted molar refractivity (Wildman–Crippen MR) is 126 cm³/mol. The van der Waals surface area contributed by atoms with Crippen LogP contribution < -0.4 is 4.74 Å². The van der Waals surface area contributed by atoms with Crippen molar-refractivity contribution < 1.29 is 14.2 Å². The number of pyridine rings is 3. The first-order valence-corrected chi connectivity index (χ1v) is 10.4. The van der Waals surface area contributed by atoms with Gasteiger partial charge >= 0.3 is 0 Å². The van der Waals surface area contributed by atoms with Crippen molar-refractivity contribution in [1.29, 1.82) is 0 Å². The Kier molecular flexibility index (Phi) is 4.48. The van der Waals surface area contributed by atoms with Crippen LogP contribution in [0.4, 0.5) is 4.39 Å². The van der Waals surface area contributed by atoms with Gasteiger partial charge in [0.2, 0.25) is 0 Å². The van der Waals surface area contributed by atoms with Gasteiger partial charge in [0.05, 0.1) is 48.1 Å². The number of rotatable bonds is 4. The van der Waals surface area contributed by atoms with Gasteiger partial charge in [0, 0.05) is 40.4 Å². The van der Waals surface area contributed by atoms with Gasteiger partial charge in [-0.05, 0) is 35.9 Å². The molecule has 6 rings (SSSR count). The molecule has 0 spiro atoms. The maximum atomic E-state index is 14.2. The van der Waals surface area contributed by atoms with E-state index in [1.165, 1.54) is 25.4 Å². The first kappa shape index (κ1) is 19.9. The summed E-state index contributed by atoms with van der Waals surface area (Å²) in [5, 5.41) is 19.0. The van der Waals surface area contributed by atoms with E-state index in [0.29, 0.717) is 28.3 Å². The highest BCUT2D eigenvalue weighted by molar-refractivity contribution is 6.01. The van der Waals surface area contributed by atoms with Crippen molar-refractivity contribution in [1.82, 2.24) is 30.1 Å². The molecular weight excluding hydrogens is 435 g/mol. The van der Waals surface area contributed by atoms with Crippen LogP contribution in [0, 0.1) is 5.82 Å².